The quantitative estimate of drug-likeness (QED) is 0.109. The molecule has 2 aliphatic heterocycles. The lowest BCUT2D eigenvalue weighted by molar-refractivity contribution is -0.279. The highest BCUT2D eigenvalue weighted by Crippen LogP contribution is 2.28. The number of para-hydroxylation sites is 1. The molecule has 15 N–H and O–H groups in total. The zero-order chi connectivity index (χ0) is 31.4. The van der Waals surface area contributed by atoms with Crippen LogP contribution in [0, 0.1) is 0 Å². The molecule has 1 saturated carbocycles. The molecule has 5 rings (SSSR count). The second-order valence-electron chi connectivity index (χ2n) is 12.4. The van der Waals surface area contributed by atoms with E-state index in [0.29, 0.717) is 32.5 Å². The van der Waals surface area contributed by atoms with Gasteiger partial charge in [0.15, 0.2) is 6.29 Å². The number of aliphatic hydroxyl groups excluding tert-OH is 3. The van der Waals surface area contributed by atoms with Crippen LogP contribution in [0.15, 0.2) is 24.3 Å². The molecular weight excluding hydrogens is 568 g/mol. The Balaban J connectivity index is 1.02. The fourth-order valence-corrected chi connectivity index (χ4v) is 6.70. The van der Waals surface area contributed by atoms with Crippen LogP contribution in [0.3, 0.4) is 0 Å². The Morgan fingerprint density at radius 2 is 1.75 bits per heavy atom. The molecule has 3 heterocycles. The van der Waals surface area contributed by atoms with Gasteiger partial charge in [-0.1, -0.05) is 31.0 Å². The molecule has 1 aromatic carbocycles. The summed E-state index contributed by atoms with van der Waals surface area (Å²) in [5.74, 6) is 0.0223. The minimum Gasteiger partial charge on any atom is -0.390 e. The predicted molar refractivity (Wildman–Crippen MR) is 165 cm³/mol. The molecule has 1 amide bonds. The Kier molecular flexibility index (Phi) is 11.2. The Morgan fingerprint density at radius 1 is 1.00 bits per heavy atom. The van der Waals surface area contributed by atoms with Crippen LogP contribution in [0.5, 0.6) is 0 Å². The topological polar surface area (TPSA) is 252 Å². The number of carbonyl (C=O) groups is 1. The van der Waals surface area contributed by atoms with Crippen molar-refractivity contribution < 1.29 is 29.6 Å². The number of hydrogen-bond acceptors (Lipinski definition) is 12. The van der Waals surface area contributed by atoms with Gasteiger partial charge >= 0.3 is 0 Å². The van der Waals surface area contributed by atoms with Crippen molar-refractivity contribution in [2.45, 2.75) is 112 Å². The molecule has 11 atom stereocenters. The lowest BCUT2D eigenvalue weighted by Crippen LogP contribution is -2.69. The maximum Gasteiger partial charge on any atom is 0.237 e. The Morgan fingerprint density at radius 3 is 2.52 bits per heavy atom. The number of unbranched alkanes of at least 4 members (excludes halogenated alkanes) is 3. The van der Waals surface area contributed by atoms with E-state index in [1.54, 1.807) is 0 Å². The maximum absolute atomic E-state index is 12.8. The van der Waals surface area contributed by atoms with Gasteiger partial charge < -0.3 is 63.3 Å². The standard InChI is InChI=1S/C30H50N8O6/c31-13-22-26(40)27(41)23(34)30(43-22)44-28-18(33)12-17(32)25(39)24(28)35-9-5-1-2-6-10-36-29(42)20-11-16-15-7-3-4-8-19(15)38-21(16)14-37-20/h3-4,7-8,17-18,20,22-28,30,35,37-41H,1-2,5-6,9-14,31-34H2,(H,36,42)/t17-,18+,20?,22-,23-,24+,25+,26-,27-,28-,30+/m1/s1. The van der Waals surface area contributed by atoms with Crippen LogP contribution >= 0.6 is 0 Å². The van der Waals surface area contributed by atoms with Gasteiger partial charge in [-0.05, 0) is 43.9 Å². The van der Waals surface area contributed by atoms with Crippen molar-refractivity contribution >= 4 is 16.8 Å². The summed E-state index contributed by atoms with van der Waals surface area (Å²) >= 11 is 0. The highest BCUT2D eigenvalue weighted by Gasteiger charge is 2.48. The number of carbonyl (C=O) groups excluding carboxylic acids is 1. The molecule has 0 bridgehead atoms. The highest BCUT2D eigenvalue weighted by molar-refractivity contribution is 5.88. The normalized spacial score (nSPS) is 35.8. The molecule has 3 aliphatic rings. The molecular formula is C30H50N8O6. The van der Waals surface area contributed by atoms with Gasteiger partial charge in [0.2, 0.25) is 5.91 Å². The summed E-state index contributed by atoms with van der Waals surface area (Å²) in [6.07, 6.45) is -1.46. The lowest BCUT2D eigenvalue weighted by Gasteiger charge is -2.47. The average molecular weight is 619 g/mol. The first kappa shape index (κ1) is 33.2. The molecule has 1 unspecified atom stereocenters. The number of hydrogen-bond donors (Lipinski definition) is 11. The fourth-order valence-electron chi connectivity index (χ4n) is 6.70. The molecule has 2 aromatic rings. The third-order valence-corrected chi connectivity index (χ3v) is 9.33. The number of aromatic nitrogens is 1. The number of ether oxygens (including phenoxy) is 2. The first-order chi connectivity index (χ1) is 21.2. The van der Waals surface area contributed by atoms with Crippen molar-refractivity contribution in [3.63, 3.8) is 0 Å². The van der Waals surface area contributed by atoms with Gasteiger partial charge in [-0.25, -0.2) is 0 Å². The van der Waals surface area contributed by atoms with Gasteiger partial charge in [0.25, 0.3) is 0 Å². The molecule has 1 aliphatic carbocycles. The number of aromatic amines is 1. The summed E-state index contributed by atoms with van der Waals surface area (Å²) < 4.78 is 11.9. The molecule has 246 valence electrons. The van der Waals surface area contributed by atoms with Crippen LogP contribution in [-0.2, 0) is 27.2 Å². The third-order valence-electron chi connectivity index (χ3n) is 9.33. The summed E-state index contributed by atoms with van der Waals surface area (Å²) in [6, 6.07) is 5.31. The van der Waals surface area contributed by atoms with Crippen molar-refractivity contribution in [1.82, 2.24) is 20.9 Å². The second-order valence-corrected chi connectivity index (χ2v) is 12.4. The largest absolute Gasteiger partial charge is 0.390 e. The fraction of sp³-hybridized carbons (Fsp3) is 0.700. The molecule has 1 saturated heterocycles. The van der Waals surface area contributed by atoms with E-state index in [1.807, 2.05) is 12.1 Å². The summed E-state index contributed by atoms with van der Waals surface area (Å²) in [6.45, 7) is 1.82. The van der Waals surface area contributed by atoms with Crippen LogP contribution in [0.1, 0.15) is 43.4 Å². The molecule has 14 heteroatoms. The molecule has 0 spiro atoms. The van der Waals surface area contributed by atoms with E-state index in [-0.39, 0.29) is 18.5 Å². The van der Waals surface area contributed by atoms with Crippen LogP contribution in [0.4, 0.5) is 0 Å². The Labute approximate surface area is 257 Å². The van der Waals surface area contributed by atoms with Crippen LogP contribution < -0.4 is 38.9 Å². The van der Waals surface area contributed by atoms with E-state index in [2.05, 4.69) is 33.1 Å². The molecule has 2 fully saturated rings. The SMILES string of the molecule is NC[C@H]1O[C@@H](O[C@H]2[C@@H](NCCCCCCNC(=O)C3Cc4c([nH]c5ccccc45)CN3)[C@@H](O)[C@H](N)C[C@@H]2N)[C@H](N)[C@@H](O)[C@@H]1O. The zero-order valence-corrected chi connectivity index (χ0v) is 25.1. The number of amides is 1. The van der Waals surface area contributed by atoms with E-state index in [9.17, 15) is 20.1 Å². The number of rotatable bonds is 12. The van der Waals surface area contributed by atoms with Gasteiger partial charge in [-0.3, -0.25) is 10.1 Å². The summed E-state index contributed by atoms with van der Waals surface area (Å²) in [5, 5.41) is 42.4. The van der Waals surface area contributed by atoms with Gasteiger partial charge in [-0.15, -0.1) is 0 Å². The minimum atomic E-state index is -1.28. The zero-order valence-electron chi connectivity index (χ0n) is 25.1. The summed E-state index contributed by atoms with van der Waals surface area (Å²) in [5.41, 5.74) is 27.8. The number of aliphatic hydroxyl groups is 3. The number of fused-ring (bicyclic) bond motifs is 3. The predicted octanol–water partition coefficient (Wildman–Crippen LogP) is -2.65. The average Bonchev–Trinajstić information content (AvgIpc) is 3.40. The van der Waals surface area contributed by atoms with Crippen molar-refractivity contribution in [3.05, 3.63) is 35.5 Å². The van der Waals surface area contributed by atoms with Crippen molar-refractivity contribution in [2.75, 3.05) is 19.6 Å². The number of H-pyrrole nitrogens is 1. The van der Waals surface area contributed by atoms with Crippen molar-refractivity contribution in [3.8, 4) is 0 Å². The minimum absolute atomic E-state index is 0.0223. The second kappa shape index (κ2) is 14.9. The van der Waals surface area contributed by atoms with Crippen LogP contribution in [-0.4, -0.2) is 113 Å². The van der Waals surface area contributed by atoms with Gasteiger partial charge in [-0.2, -0.15) is 0 Å². The van der Waals surface area contributed by atoms with E-state index in [1.165, 1.54) is 10.9 Å². The van der Waals surface area contributed by atoms with Crippen molar-refractivity contribution in [2.24, 2.45) is 22.9 Å². The number of nitrogens with one attached hydrogen (secondary N) is 4. The number of nitrogens with two attached hydrogens (primary N) is 4. The van der Waals surface area contributed by atoms with E-state index in [4.69, 9.17) is 32.4 Å². The van der Waals surface area contributed by atoms with Crippen LogP contribution in [0.25, 0.3) is 10.9 Å². The first-order valence-electron chi connectivity index (χ1n) is 15.8. The first-order valence-corrected chi connectivity index (χ1v) is 15.8. The lowest BCUT2D eigenvalue weighted by atomic mass is 9.82. The maximum atomic E-state index is 12.8. The monoisotopic (exact) mass is 618 g/mol. The van der Waals surface area contributed by atoms with Gasteiger partial charge in [0.1, 0.15) is 18.3 Å². The molecule has 14 nitrogen and oxygen atoms in total. The van der Waals surface area contributed by atoms with E-state index < -0.39 is 61.0 Å². The summed E-state index contributed by atoms with van der Waals surface area (Å²) in [4.78, 5) is 16.3. The van der Waals surface area contributed by atoms with Gasteiger partial charge in [0, 0.05) is 48.3 Å². The van der Waals surface area contributed by atoms with E-state index >= 15 is 0 Å². The smallest absolute Gasteiger partial charge is 0.237 e. The Hall–Kier alpha value is -2.21. The Bertz CT molecular complexity index is 1230. The molecule has 44 heavy (non-hydrogen) atoms. The van der Waals surface area contributed by atoms with Crippen molar-refractivity contribution in [1.29, 1.82) is 0 Å². The van der Waals surface area contributed by atoms with Crippen LogP contribution in [0.2, 0.25) is 0 Å². The van der Waals surface area contributed by atoms with Gasteiger partial charge in [0.05, 0.1) is 30.3 Å². The van der Waals surface area contributed by atoms with E-state index in [0.717, 1.165) is 36.9 Å². The molecule has 0 radical (unpaired) electrons. The highest BCUT2D eigenvalue weighted by atomic mass is 16.7. The number of benzene rings is 1. The summed E-state index contributed by atoms with van der Waals surface area (Å²) in [7, 11) is 0. The third kappa shape index (κ3) is 7.26. The molecule has 1 aromatic heterocycles.